The minimum absolute atomic E-state index is 0.121. The van der Waals surface area contributed by atoms with Gasteiger partial charge in [-0.1, -0.05) is 13.8 Å². The van der Waals surface area contributed by atoms with Crippen LogP contribution < -0.4 is 0 Å². The van der Waals surface area contributed by atoms with E-state index in [1.807, 2.05) is 13.0 Å². The van der Waals surface area contributed by atoms with Crippen LogP contribution in [0.15, 0.2) is 16.7 Å². The highest BCUT2D eigenvalue weighted by molar-refractivity contribution is 5.86. The fourth-order valence-corrected chi connectivity index (χ4v) is 4.87. The van der Waals surface area contributed by atoms with Gasteiger partial charge in [-0.15, -0.1) is 0 Å². The van der Waals surface area contributed by atoms with Gasteiger partial charge in [0.05, 0.1) is 31.8 Å². The summed E-state index contributed by atoms with van der Waals surface area (Å²) in [4.78, 5) is 25.3. The predicted molar refractivity (Wildman–Crippen MR) is 78.1 cm³/mol. The molecule has 22 heavy (non-hydrogen) atoms. The molecule has 1 saturated carbocycles. The highest BCUT2D eigenvalue weighted by atomic mass is 16.5. The molecule has 1 heterocycles. The second-order valence-electron chi connectivity index (χ2n) is 6.75. The molecule has 4 atom stereocenters. The minimum Gasteiger partial charge on any atom is -0.469 e. The summed E-state index contributed by atoms with van der Waals surface area (Å²) in [7, 11) is 2.80. The van der Waals surface area contributed by atoms with Crippen molar-refractivity contribution in [2.45, 2.75) is 39.0 Å². The lowest BCUT2D eigenvalue weighted by Crippen LogP contribution is -2.55. The van der Waals surface area contributed by atoms with E-state index in [4.69, 9.17) is 13.9 Å². The van der Waals surface area contributed by atoms with Crippen LogP contribution in [-0.4, -0.2) is 26.2 Å². The molecule has 2 aliphatic carbocycles. The van der Waals surface area contributed by atoms with Gasteiger partial charge in [-0.3, -0.25) is 9.59 Å². The van der Waals surface area contributed by atoms with E-state index in [2.05, 4.69) is 6.92 Å². The molecule has 5 heteroatoms. The lowest BCUT2D eigenvalue weighted by atomic mass is 9.51. The zero-order valence-corrected chi connectivity index (χ0v) is 13.5. The highest BCUT2D eigenvalue weighted by Crippen LogP contribution is 2.67. The fourth-order valence-electron chi connectivity index (χ4n) is 4.87. The molecular weight excluding hydrogens is 284 g/mol. The second-order valence-corrected chi connectivity index (χ2v) is 6.75. The van der Waals surface area contributed by atoms with Crippen LogP contribution in [0.25, 0.3) is 0 Å². The molecule has 0 radical (unpaired) electrons. The first-order valence-corrected chi connectivity index (χ1v) is 7.65. The van der Waals surface area contributed by atoms with Crippen LogP contribution in [0.2, 0.25) is 0 Å². The van der Waals surface area contributed by atoms with Crippen molar-refractivity contribution in [2.24, 2.45) is 16.7 Å². The quantitative estimate of drug-likeness (QED) is 0.786. The maximum absolute atomic E-state index is 12.8. The molecule has 0 amide bonds. The van der Waals surface area contributed by atoms with Gasteiger partial charge in [0.1, 0.15) is 5.76 Å². The molecule has 0 aliphatic heterocycles. The lowest BCUT2D eigenvalue weighted by Gasteiger charge is -2.49. The number of methoxy groups -OCH3 is 2. The molecule has 0 N–H and O–H groups in total. The van der Waals surface area contributed by atoms with Gasteiger partial charge in [0.25, 0.3) is 0 Å². The van der Waals surface area contributed by atoms with Crippen LogP contribution in [-0.2, 0) is 25.5 Å². The molecule has 0 spiro atoms. The Morgan fingerprint density at radius 1 is 1.32 bits per heavy atom. The SMILES string of the molecule is COC(=O)C1c2ccoc2CC2(C(=O)OC)C(C)CCC12C. The first-order valence-electron chi connectivity index (χ1n) is 7.65. The van der Waals surface area contributed by atoms with Crippen molar-refractivity contribution >= 4 is 11.9 Å². The Balaban J connectivity index is 2.25. The van der Waals surface area contributed by atoms with E-state index in [0.29, 0.717) is 12.2 Å². The minimum atomic E-state index is -0.745. The van der Waals surface area contributed by atoms with Crippen LogP contribution in [0.3, 0.4) is 0 Å². The summed E-state index contributed by atoms with van der Waals surface area (Å²) in [6, 6.07) is 1.83. The first kappa shape index (κ1) is 15.1. The number of hydrogen-bond donors (Lipinski definition) is 0. The largest absolute Gasteiger partial charge is 0.469 e. The van der Waals surface area contributed by atoms with Crippen molar-refractivity contribution in [3.05, 3.63) is 23.7 Å². The molecule has 5 nitrogen and oxygen atoms in total. The van der Waals surface area contributed by atoms with Gasteiger partial charge in [0, 0.05) is 17.4 Å². The number of carbonyl (C=O) groups excluding carboxylic acids is 2. The van der Waals surface area contributed by atoms with Gasteiger partial charge >= 0.3 is 11.9 Å². The summed E-state index contributed by atoms with van der Waals surface area (Å²) < 4.78 is 15.8. The maximum Gasteiger partial charge on any atom is 0.313 e. The number of fused-ring (bicyclic) bond motifs is 2. The molecule has 0 bridgehead atoms. The van der Waals surface area contributed by atoms with Crippen LogP contribution in [0.1, 0.15) is 43.9 Å². The van der Waals surface area contributed by atoms with E-state index in [-0.39, 0.29) is 17.9 Å². The molecule has 4 unspecified atom stereocenters. The number of hydrogen-bond acceptors (Lipinski definition) is 5. The molecule has 1 fully saturated rings. The monoisotopic (exact) mass is 306 g/mol. The molecule has 0 saturated heterocycles. The van der Waals surface area contributed by atoms with E-state index < -0.39 is 16.7 Å². The van der Waals surface area contributed by atoms with Crippen molar-refractivity contribution in [3.63, 3.8) is 0 Å². The number of carbonyl (C=O) groups is 2. The number of ether oxygens (including phenoxy) is 2. The van der Waals surface area contributed by atoms with Crippen LogP contribution in [0.4, 0.5) is 0 Å². The Kier molecular flexibility index (Phi) is 3.34. The molecule has 1 aromatic rings. The Morgan fingerprint density at radius 2 is 2.05 bits per heavy atom. The summed E-state index contributed by atoms with van der Waals surface area (Å²) in [6.45, 7) is 4.08. The lowest BCUT2D eigenvalue weighted by molar-refractivity contribution is -0.170. The number of rotatable bonds is 2. The fraction of sp³-hybridized carbons (Fsp3) is 0.647. The Morgan fingerprint density at radius 3 is 2.68 bits per heavy atom. The number of furan rings is 1. The van der Waals surface area contributed by atoms with Crippen molar-refractivity contribution in [3.8, 4) is 0 Å². The standard InChI is InChI=1S/C17H22O5/c1-10-5-7-16(2)13(14(18)20-3)11-6-8-22-12(11)9-17(10,16)15(19)21-4/h6,8,10,13H,5,7,9H2,1-4H3. The Hall–Kier alpha value is -1.78. The Bertz CT molecular complexity index is 618. The zero-order valence-electron chi connectivity index (χ0n) is 13.5. The zero-order chi connectivity index (χ0) is 16.1. The van der Waals surface area contributed by atoms with Crippen molar-refractivity contribution in [1.29, 1.82) is 0 Å². The van der Waals surface area contributed by atoms with Crippen LogP contribution in [0.5, 0.6) is 0 Å². The molecule has 3 rings (SSSR count). The third-order valence-electron chi connectivity index (χ3n) is 6.11. The maximum atomic E-state index is 12.8. The van der Waals surface area contributed by atoms with Crippen molar-refractivity contribution in [2.75, 3.05) is 14.2 Å². The normalized spacial score (nSPS) is 36.4. The third kappa shape index (κ3) is 1.59. The van der Waals surface area contributed by atoms with Gasteiger partial charge in [-0.25, -0.2) is 0 Å². The average Bonchev–Trinajstić information content (AvgIpc) is 3.06. The summed E-state index contributed by atoms with van der Waals surface area (Å²) >= 11 is 0. The van der Waals surface area contributed by atoms with Gasteiger partial charge in [0.2, 0.25) is 0 Å². The molecular formula is C17H22O5. The smallest absolute Gasteiger partial charge is 0.313 e. The van der Waals surface area contributed by atoms with E-state index in [1.165, 1.54) is 14.2 Å². The summed E-state index contributed by atoms with van der Waals surface area (Å²) in [5.41, 5.74) is -0.419. The van der Waals surface area contributed by atoms with Gasteiger partial charge < -0.3 is 13.9 Å². The van der Waals surface area contributed by atoms with Gasteiger partial charge in [-0.05, 0) is 24.8 Å². The predicted octanol–water partition coefficient (Wildman–Crippen LogP) is 2.69. The topological polar surface area (TPSA) is 65.7 Å². The summed E-state index contributed by atoms with van der Waals surface area (Å²) in [6.07, 6.45) is 3.73. The van der Waals surface area contributed by atoms with E-state index in [1.54, 1.807) is 6.26 Å². The molecule has 1 aromatic heterocycles. The average molecular weight is 306 g/mol. The van der Waals surface area contributed by atoms with Crippen molar-refractivity contribution in [1.82, 2.24) is 0 Å². The molecule has 120 valence electrons. The molecule has 0 aromatic carbocycles. The summed E-state index contributed by atoms with van der Waals surface area (Å²) in [5, 5.41) is 0. The first-order chi connectivity index (χ1) is 10.4. The highest BCUT2D eigenvalue weighted by Gasteiger charge is 2.68. The third-order valence-corrected chi connectivity index (χ3v) is 6.11. The van der Waals surface area contributed by atoms with E-state index >= 15 is 0 Å². The van der Waals surface area contributed by atoms with E-state index in [0.717, 1.165) is 18.4 Å². The summed E-state index contributed by atoms with van der Waals surface area (Å²) in [5.74, 6) is -0.241. The number of esters is 2. The van der Waals surface area contributed by atoms with Gasteiger partial charge in [0.15, 0.2) is 0 Å². The molecule has 2 aliphatic rings. The van der Waals surface area contributed by atoms with E-state index in [9.17, 15) is 9.59 Å². The van der Waals surface area contributed by atoms with Crippen molar-refractivity contribution < 1.29 is 23.5 Å². The van der Waals surface area contributed by atoms with Gasteiger partial charge in [-0.2, -0.15) is 0 Å². The second kappa shape index (κ2) is 4.86. The van der Waals surface area contributed by atoms with Crippen LogP contribution in [0, 0.1) is 16.7 Å². The van der Waals surface area contributed by atoms with Crippen LogP contribution >= 0.6 is 0 Å². The Labute approximate surface area is 130 Å².